The van der Waals surface area contributed by atoms with Crippen molar-refractivity contribution in [3.8, 4) is 0 Å². The molecule has 0 radical (unpaired) electrons. The molecule has 1 aromatic carbocycles. The summed E-state index contributed by atoms with van der Waals surface area (Å²) in [5.41, 5.74) is 2.25. The van der Waals surface area contributed by atoms with Crippen LogP contribution in [-0.2, 0) is 4.74 Å². The van der Waals surface area contributed by atoms with E-state index in [0.29, 0.717) is 6.61 Å². The maximum atomic E-state index is 5.59. The quantitative estimate of drug-likeness (QED) is 0.665. The third-order valence-corrected chi connectivity index (χ3v) is 2.34. The Kier molecular flexibility index (Phi) is 2.06. The molecule has 0 aromatic heterocycles. The van der Waals surface area contributed by atoms with Gasteiger partial charge in [0, 0.05) is 5.56 Å². The Morgan fingerprint density at radius 3 is 2.57 bits per heavy atom. The second-order valence-electron chi connectivity index (χ2n) is 4.33. The molecule has 1 aromatic rings. The maximum absolute atomic E-state index is 5.59. The maximum Gasteiger partial charge on any atom is 0.217 e. The summed E-state index contributed by atoms with van der Waals surface area (Å²) < 4.78 is 5.59. The van der Waals surface area contributed by atoms with Gasteiger partial charge >= 0.3 is 0 Å². The summed E-state index contributed by atoms with van der Waals surface area (Å²) in [5.74, 6) is 0.785. The Labute approximate surface area is 84.6 Å². The van der Waals surface area contributed by atoms with Crippen LogP contribution in [0.3, 0.4) is 0 Å². The van der Waals surface area contributed by atoms with E-state index in [2.05, 4.69) is 37.9 Å². The minimum atomic E-state index is -0.0718. The molecule has 0 aliphatic carbocycles. The van der Waals surface area contributed by atoms with Crippen molar-refractivity contribution < 1.29 is 4.74 Å². The van der Waals surface area contributed by atoms with Gasteiger partial charge in [0.15, 0.2) is 0 Å². The van der Waals surface area contributed by atoms with E-state index in [-0.39, 0.29) is 5.54 Å². The van der Waals surface area contributed by atoms with Gasteiger partial charge in [0.1, 0.15) is 6.61 Å². The van der Waals surface area contributed by atoms with E-state index in [0.717, 1.165) is 11.5 Å². The average Bonchev–Trinajstić information content (AvgIpc) is 2.47. The fourth-order valence-corrected chi connectivity index (χ4v) is 1.54. The largest absolute Gasteiger partial charge is 0.475 e. The molecular weight excluding hydrogens is 174 g/mol. The number of aliphatic imine (C=N–C) groups is 1. The first-order valence-electron chi connectivity index (χ1n) is 4.87. The van der Waals surface area contributed by atoms with Gasteiger partial charge in [-0.15, -0.1) is 0 Å². The zero-order valence-electron chi connectivity index (χ0n) is 8.87. The van der Waals surface area contributed by atoms with Crippen molar-refractivity contribution in [3.05, 3.63) is 35.4 Å². The standard InChI is InChI=1S/C12H15NO/c1-9-6-4-5-7-10(9)11-13-12(2,3)8-14-11/h4-7H,8H2,1-3H3. The molecule has 0 amide bonds. The first-order chi connectivity index (χ1) is 6.58. The smallest absolute Gasteiger partial charge is 0.217 e. The van der Waals surface area contributed by atoms with Crippen LogP contribution in [0.4, 0.5) is 0 Å². The van der Waals surface area contributed by atoms with Gasteiger partial charge < -0.3 is 4.74 Å². The van der Waals surface area contributed by atoms with E-state index in [9.17, 15) is 0 Å². The number of benzene rings is 1. The first-order valence-corrected chi connectivity index (χ1v) is 4.87. The monoisotopic (exact) mass is 189 g/mol. The van der Waals surface area contributed by atoms with Crippen molar-refractivity contribution in [2.75, 3.05) is 6.61 Å². The van der Waals surface area contributed by atoms with Crippen molar-refractivity contribution in [1.82, 2.24) is 0 Å². The minimum Gasteiger partial charge on any atom is -0.475 e. The average molecular weight is 189 g/mol. The Hall–Kier alpha value is -1.31. The van der Waals surface area contributed by atoms with Crippen LogP contribution in [0.5, 0.6) is 0 Å². The van der Waals surface area contributed by atoms with Crippen molar-refractivity contribution in [2.24, 2.45) is 4.99 Å². The zero-order valence-corrected chi connectivity index (χ0v) is 8.87. The van der Waals surface area contributed by atoms with E-state index < -0.39 is 0 Å². The van der Waals surface area contributed by atoms with Crippen molar-refractivity contribution in [3.63, 3.8) is 0 Å². The molecular formula is C12H15NO. The molecule has 2 heteroatoms. The highest BCUT2D eigenvalue weighted by molar-refractivity contribution is 5.96. The van der Waals surface area contributed by atoms with Gasteiger partial charge in [-0.1, -0.05) is 18.2 Å². The highest BCUT2D eigenvalue weighted by atomic mass is 16.5. The summed E-state index contributed by atoms with van der Waals surface area (Å²) in [6.45, 7) is 6.92. The van der Waals surface area contributed by atoms with Crippen LogP contribution < -0.4 is 0 Å². The number of nitrogens with zero attached hydrogens (tertiary/aromatic N) is 1. The summed E-state index contributed by atoms with van der Waals surface area (Å²) in [5, 5.41) is 0. The number of hydrogen-bond donors (Lipinski definition) is 0. The predicted octanol–water partition coefficient (Wildman–Crippen LogP) is 2.55. The Balaban J connectivity index is 2.38. The lowest BCUT2D eigenvalue weighted by Crippen LogP contribution is -2.17. The molecule has 1 aliphatic rings. The van der Waals surface area contributed by atoms with Gasteiger partial charge in [0.05, 0.1) is 5.54 Å². The van der Waals surface area contributed by atoms with Crippen LogP contribution >= 0.6 is 0 Å². The van der Waals surface area contributed by atoms with Gasteiger partial charge in [-0.2, -0.15) is 0 Å². The van der Waals surface area contributed by atoms with Crippen LogP contribution in [0, 0.1) is 6.92 Å². The SMILES string of the molecule is Cc1ccccc1C1=NC(C)(C)CO1. The molecule has 2 rings (SSSR count). The van der Waals surface area contributed by atoms with Gasteiger partial charge in [0.25, 0.3) is 0 Å². The van der Waals surface area contributed by atoms with Gasteiger partial charge in [-0.25, -0.2) is 4.99 Å². The normalized spacial score (nSPS) is 18.9. The lowest BCUT2D eigenvalue weighted by molar-refractivity contribution is 0.279. The lowest BCUT2D eigenvalue weighted by Gasteiger charge is -2.07. The molecule has 0 saturated carbocycles. The van der Waals surface area contributed by atoms with Crippen molar-refractivity contribution in [2.45, 2.75) is 26.3 Å². The molecule has 0 saturated heterocycles. The Morgan fingerprint density at radius 1 is 1.29 bits per heavy atom. The van der Waals surface area contributed by atoms with Crippen LogP contribution in [0.2, 0.25) is 0 Å². The highest BCUT2D eigenvalue weighted by Gasteiger charge is 2.27. The van der Waals surface area contributed by atoms with Crippen molar-refractivity contribution in [1.29, 1.82) is 0 Å². The second-order valence-corrected chi connectivity index (χ2v) is 4.33. The fourth-order valence-electron chi connectivity index (χ4n) is 1.54. The molecule has 0 fully saturated rings. The lowest BCUT2D eigenvalue weighted by atomic mass is 10.1. The van der Waals surface area contributed by atoms with E-state index >= 15 is 0 Å². The van der Waals surface area contributed by atoms with Crippen LogP contribution in [-0.4, -0.2) is 18.0 Å². The van der Waals surface area contributed by atoms with Gasteiger partial charge in [0.2, 0.25) is 5.90 Å². The Bertz CT molecular complexity index is 380. The Morgan fingerprint density at radius 2 is 2.00 bits per heavy atom. The number of hydrogen-bond acceptors (Lipinski definition) is 2. The van der Waals surface area contributed by atoms with Gasteiger partial charge in [-0.05, 0) is 32.4 Å². The number of ether oxygens (including phenoxy) is 1. The molecule has 74 valence electrons. The zero-order chi connectivity index (χ0) is 10.2. The summed E-state index contributed by atoms with van der Waals surface area (Å²) in [6, 6.07) is 8.17. The summed E-state index contributed by atoms with van der Waals surface area (Å²) in [6.07, 6.45) is 0. The molecule has 14 heavy (non-hydrogen) atoms. The van der Waals surface area contributed by atoms with E-state index in [1.165, 1.54) is 5.56 Å². The molecule has 1 aliphatic heterocycles. The predicted molar refractivity (Wildman–Crippen MR) is 57.7 cm³/mol. The summed E-state index contributed by atoms with van der Waals surface area (Å²) in [7, 11) is 0. The molecule has 0 unspecified atom stereocenters. The van der Waals surface area contributed by atoms with Crippen LogP contribution in [0.15, 0.2) is 29.3 Å². The topological polar surface area (TPSA) is 21.6 Å². The summed E-state index contributed by atoms with van der Waals surface area (Å²) in [4.78, 5) is 4.55. The highest BCUT2D eigenvalue weighted by Crippen LogP contribution is 2.21. The molecule has 0 atom stereocenters. The number of aryl methyl sites for hydroxylation is 1. The summed E-state index contributed by atoms with van der Waals surface area (Å²) >= 11 is 0. The van der Waals surface area contributed by atoms with E-state index in [4.69, 9.17) is 4.74 Å². The van der Waals surface area contributed by atoms with Gasteiger partial charge in [-0.3, -0.25) is 0 Å². The third-order valence-electron chi connectivity index (χ3n) is 2.34. The molecule has 0 spiro atoms. The molecule has 1 heterocycles. The molecule has 2 nitrogen and oxygen atoms in total. The number of rotatable bonds is 1. The van der Waals surface area contributed by atoms with Crippen LogP contribution in [0.25, 0.3) is 0 Å². The molecule has 0 bridgehead atoms. The van der Waals surface area contributed by atoms with Crippen LogP contribution in [0.1, 0.15) is 25.0 Å². The van der Waals surface area contributed by atoms with E-state index in [1.807, 2.05) is 12.1 Å². The second kappa shape index (κ2) is 3.12. The van der Waals surface area contributed by atoms with E-state index in [1.54, 1.807) is 0 Å². The third kappa shape index (κ3) is 1.65. The fraction of sp³-hybridized carbons (Fsp3) is 0.417. The molecule has 0 N–H and O–H groups in total. The minimum absolute atomic E-state index is 0.0718. The van der Waals surface area contributed by atoms with Crippen molar-refractivity contribution >= 4 is 5.90 Å². The first kappa shape index (κ1) is 9.25.